The third-order valence-electron chi connectivity index (χ3n) is 19.4. The van der Waals surface area contributed by atoms with Gasteiger partial charge >= 0.3 is 35.9 Å². The number of nitrogens with one attached hydrogen (secondary N) is 4. The van der Waals surface area contributed by atoms with Crippen LogP contribution in [0.25, 0.3) is 11.2 Å². The number of aliphatic hydroxyl groups is 1. The minimum atomic E-state index is -2.03. The number of carboxylic acids is 1. The summed E-state index contributed by atoms with van der Waals surface area (Å²) in [5.74, 6) is -8.97. The number of methoxy groups -OCH3 is 1. The van der Waals surface area contributed by atoms with Crippen molar-refractivity contribution in [3.8, 4) is 0 Å². The van der Waals surface area contributed by atoms with Gasteiger partial charge in [0.1, 0.15) is 41.8 Å². The first-order valence-corrected chi connectivity index (χ1v) is 32.7. The quantitative estimate of drug-likeness (QED) is 0.0150. The van der Waals surface area contributed by atoms with Crippen molar-refractivity contribution in [3.05, 3.63) is 141 Å². The van der Waals surface area contributed by atoms with Crippen molar-refractivity contribution in [2.24, 2.45) is 22.7 Å². The molecular formula is C71H86N8O19. The number of Topliss-reactive ketones (excluding diaryl/α,β-unsaturated/α-hetero) is 1. The van der Waals surface area contributed by atoms with Crippen LogP contribution in [-0.2, 0) is 74.8 Å². The number of aryl methyl sites for hydroxylation is 2. The zero-order chi connectivity index (χ0) is 71.2. The van der Waals surface area contributed by atoms with E-state index in [0.29, 0.717) is 29.7 Å². The van der Waals surface area contributed by atoms with Crippen LogP contribution in [0, 0.1) is 22.7 Å². The number of aromatic amines is 1. The number of carbonyl (C=O) groups is 9. The van der Waals surface area contributed by atoms with Gasteiger partial charge in [0, 0.05) is 63.2 Å². The fourth-order valence-corrected chi connectivity index (χ4v) is 14.6. The number of unbranched alkanes of at least 4 members (excludes halogenated alkanes) is 1. The van der Waals surface area contributed by atoms with Crippen LogP contribution in [-0.4, -0.2) is 157 Å². The van der Waals surface area contributed by atoms with Crippen LogP contribution in [0.4, 0.5) is 10.7 Å². The predicted octanol–water partition coefficient (Wildman–Crippen LogP) is 6.47. The molecule has 8 N–H and O–H groups in total. The second kappa shape index (κ2) is 29.7. The van der Waals surface area contributed by atoms with E-state index >= 15 is 9.59 Å². The lowest BCUT2D eigenvalue weighted by Crippen LogP contribution is -2.77. The number of amides is 3. The number of esters is 4. The number of H-pyrrole nitrogens is 1. The molecule has 0 unspecified atom stereocenters. The summed E-state index contributed by atoms with van der Waals surface area (Å²) in [6, 6.07) is 20.0. The van der Waals surface area contributed by atoms with E-state index in [1.54, 1.807) is 140 Å². The van der Waals surface area contributed by atoms with Gasteiger partial charge in [0.15, 0.2) is 16.8 Å². The zero-order valence-electron chi connectivity index (χ0n) is 56.6. The Labute approximate surface area is 566 Å². The van der Waals surface area contributed by atoms with Crippen LogP contribution >= 0.6 is 0 Å². The van der Waals surface area contributed by atoms with Gasteiger partial charge in [-0.3, -0.25) is 33.8 Å². The molecule has 3 amide bonds. The second-order valence-corrected chi connectivity index (χ2v) is 27.4. The normalized spacial score (nSPS) is 24.9. The van der Waals surface area contributed by atoms with Crippen molar-refractivity contribution in [3.63, 3.8) is 0 Å². The molecule has 1 saturated heterocycles. The van der Waals surface area contributed by atoms with Crippen LogP contribution < -0.4 is 27.2 Å². The summed E-state index contributed by atoms with van der Waals surface area (Å²) < 4.78 is 43.2. The molecule has 98 heavy (non-hydrogen) atoms. The first-order valence-electron chi connectivity index (χ1n) is 32.7. The number of hydrogen-bond acceptors (Lipinski definition) is 22. The fourth-order valence-electron chi connectivity index (χ4n) is 14.6. The second-order valence-electron chi connectivity index (χ2n) is 27.4. The summed E-state index contributed by atoms with van der Waals surface area (Å²) in [6.07, 6.45) is -6.25. The Morgan fingerprint density at radius 1 is 0.857 bits per heavy atom. The average molecular weight is 1360 g/mol. The van der Waals surface area contributed by atoms with E-state index in [1.165, 1.54) is 20.2 Å². The topological polar surface area (TPSA) is 392 Å². The molecule has 27 heteroatoms. The molecule has 3 heterocycles. The van der Waals surface area contributed by atoms with Crippen LogP contribution in [0.1, 0.15) is 157 Å². The largest absolute Gasteiger partial charge is 0.480 e. The number of rotatable bonds is 24. The lowest BCUT2D eigenvalue weighted by molar-refractivity contribution is -0.333. The summed E-state index contributed by atoms with van der Waals surface area (Å²) in [7, 11) is 1.45. The van der Waals surface area contributed by atoms with Crippen molar-refractivity contribution >= 4 is 70.6 Å². The lowest BCUT2D eigenvalue weighted by Gasteiger charge is -2.63. The monoisotopic (exact) mass is 1350 g/mol. The Hall–Kier alpha value is -9.47. The molecule has 2 bridgehead atoms. The first-order chi connectivity index (χ1) is 46.3. The maximum atomic E-state index is 16.0. The van der Waals surface area contributed by atoms with E-state index in [1.807, 2.05) is 0 Å². The number of carbonyl (C=O) groups excluding carboxylic acids is 8. The summed E-state index contributed by atoms with van der Waals surface area (Å²) in [6.45, 7) is 14.5. The molecule has 0 radical (unpaired) electrons. The van der Waals surface area contributed by atoms with Crippen LogP contribution in [0.5, 0.6) is 0 Å². The van der Waals surface area contributed by atoms with E-state index in [4.69, 9.17) is 38.9 Å². The Balaban J connectivity index is 0.895. The standard InChI is InChI=1S/C71H86N8O19/c1-38-47(34-70(91)35-48(95-63(88)44-21-15-12-16-22-44)57-69(9,58(83)39(2)53(38)68(70,7)8)49(92-10)33-50-71(57,37-93-50)97-40(3)80)94-64(89)56(54(42-19-13-11-14-20-42)77-66(90)98-67(4,5)6)96-52(82)31-30-51(81)73-32-18-17-23-46(62(86)87)76-60(84)43-27-24-41(25-28-43)26-29-45-36-74-59-55(75-45)61(85)79-65(72)78-59/h11-16,19-22,24-25,27-28,36,39,46-50,54,56-57,91H,17-18,23,26,29-35,37H2,1-10H3,(H,73,81)(H,76,84)(H,77,90)(H,86,87)(H3,72,74,78,79,85)/t39-,46+,47+,48-,49+,50-,54+,56-,57+,69-,70-,71+/m1/s1. The van der Waals surface area contributed by atoms with Crippen molar-refractivity contribution in [2.75, 3.05) is 26.0 Å². The number of benzene rings is 3. The number of anilines is 1. The number of fused-ring (bicyclic) bond motifs is 6. The number of carboxylic acid groups (broad SMARTS) is 1. The van der Waals surface area contributed by atoms with Gasteiger partial charge in [-0.15, -0.1) is 0 Å². The highest BCUT2D eigenvalue weighted by Crippen LogP contribution is 2.63. The van der Waals surface area contributed by atoms with Gasteiger partial charge in [-0.1, -0.05) is 81.4 Å². The number of ketones is 1. The van der Waals surface area contributed by atoms with Gasteiger partial charge in [0.25, 0.3) is 11.5 Å². The third-order valence-corrected chi connectivity index (χ3v) is 19.4. The molecular weight excluding hydrogens is 1270 g/mol. The average Bonchev–Trinajstić information content (AvgIpc) is 1.28. The maximum absolute atomic E-state index is 16.0. The predicted molar refractivity (Wildman–Crippen MR) is 351 cm³/mol. The molecule has 9 rings (SSSR count). The molecule has 0 spiro atoms. The van der Waals surface area contributed by atoms with E-state index in [9.17, 15) is 48.6 Å². The summed E-state index contributed by atoms with van der Waals surface area (Å²) in [4.78, 5) is 153. The molecule has 12 atom stereocenters. The highest BCUT2D eigenvalue weighted by atomic mass is 16.6. The molecule has 5 aromatic rings. The molecule has 3 fully saturated rings. The third kappa shape index (κ3) is 15.7. The van der Waals surface area contributed by atoms with Gasteiger partial charge in [-0.2, -0.15) is 4.98 Å². The first kappa shape index (κ1) is 72.8. The molecule has 2 aromatic heterocycles. The molecule has 3 aliphatic carbocycles. The van der Waals surface area contributed by atoms with Crippen LogP contribution in [0.2, 0.25) is 0 Å². The number of hydrogen-bond donors (Lipinski definition) is 7. The number of nitrogens with two attached hydrogens (primary N) is 1. The highest BCUT2D eigenvalue weighted by Gasteiger charge is 2.74. The maximum Gasteiger partial charge on any atom is 0.408 e. The summed E-state index contributed by atoms with van der Waals surface area (Å²) >= 11 is 0. The van der Waals surface area contributed by atoms with E-state index < -0.39 is 160 Å². The number of alkyl carbamates (subject to hydrolysis) is 1. The van der Waals surface area contributed by atoms with Crippen molar-refractivity contribution in [1.29, 1.82) is 0 Å². The number of nitrogen functional groups attached to an aromatic ring is 1. The van der Waals surface area contributed by atoms with Crippen molar-refractivity contribution in [2.45, 2.75) is 186 Å². The number of aliphatic carboxylic acids is 1. The summed E-state index contributed by atoms with van der Waals surface area (Å²) in [5, 5.41) is 31.7. The minimum Gasteiger partial charge on any atom is -0.480 e. The molecule has 2 saturated carbocycles. The Kier molecular flexibility index (Phi) is 22.1. The lowest BCUT2D eigenvalue weighted by atomic mass is 9.51. The van der Waals surface area contributed by atoms with Gasteiger partial charge in [0.05, 0.1) is 53.5 Å². The van der Waals surface area contributed by atoms with E-state index in [-0.39, 0.29) is 79.1 Å². The van der Waals surface area contributed by atoms with E-state index in [0.717, 1.165) is 5.56 Å². The Morgan fingerprint density at radius 3 is 2.17 bits per heavy atom. The van der Waals surface area contributed by atoms with Crippen LogP contribution in [0.3, 0.4) is 0 Å². The summed E-state index contributed by atoms with van der Waals surface area (Å²) in [5.41, 5.74) is 0.474. The van der Waals surface area contributed by atoms with Gasteiger partial charge in [-0.05, 0) is 113 Å². The highest BCUT2D eigenvalue weighted by molar-refractivity contribution is 5.97. The van der Waals surface area contributed by atoms with Crippen molar-refractivity contribution < 1.29 is 86.5 Å². The molecule has 27 nitrogen and oxygen atoms in total. The Bertz CT molecular complexity index is 3930. The van der Waals surface area contributed by atoms with Crippen molar-refractivity contribution in [1.82, 2.24) is 35.9 Å². The smallest absolute Gasteiger partial charge is 0.408 e. The number of nitrogens with zero attached hydrogens (tertiary/aromatic N) is 3. The molecule has 524 valence electrons. The molecule has 1 aliphatic heterocycles. The van der Waals surface area contributed by atoms with Gasteiger partial charge in [0.2, 0.25) is 18.0 Å². The van der Waals surface area contributed by atoms with E-state index in [2.05, 4.69) is 35.9 Å². The SMILES string of the molecule is CO[C@H]1C[C@H]2OC[C@@]2(OC(C)=O)[C@H]2[C@H](OC(=O)c3ccccc3)C[C@]3(O)C[C@H](OC(=O)[C@H](OC(=O)CCC(=O)NCCCC[C@H](NC(=O)c4ccc(CCc5cnc6nc(N)[nH]c(=O)c6n5)cc4)C(=O)O)[C@@H](NC(=O)OC(C)(C)C)c4ccccc4)C(C)=C([C@@H](C)C(=O)[C@]12C)C3(C)C. The zero-order valence-corrected chi connectivity index (χ0v) is 56.6. The van der Waals surface area contributed by atoms with Gasteiger partial charge in [-0.25, -0.2) is 29.1 Å². The number of aromatic nitrogens is 4. The number of ether oxygens (including phenoxy) is 7. The molecule has 3 aromatic carbocycles. The minimum absolute atomic E-state index is 0.0100. The van der Waals surface area contributed by atoms with Crippen LogP contribution in [0.15, 0.2) is 107 Å². The Morgan fingerprint density at radius 2 is 1.54 bits per heavy atom. The van der Waals surface area contributed by atoms with Gasteiger partial charge < -0.3 is 65.1 Å². The fraction of sp³-hybridized carbons (Fsp3) is 0.507. The molecule has 4 aliphatic rings.